The van der Waals surface area contributed by atoms with E-state index in [9.17, 15) is 0 Å². The second kappa shape index (κ2) is 16.8. The van der Waals surface area contributed by atoms with Crippen molar-refractivity contribution >= 4 is 10.0 Å². The highest BCUT2D eigenvalue weighted by atomic mass is 32.2. The van der Waals surface area contributed by atoms with Crippen LogP contribution < -0.4 is 25.7 Å². The molecule has 6 aromatic rings. The third-order valence-electron chi connectivity index (χ3n) is 9.10. The lowest BCUT2D eigenvalue weighted by atomic mass is 9.94. The minimum absolute atomic E-state index is 0.000722. The smallest absolute Gasteiger partial charge is 0.244 e. The maximum atomic E-state index is 15.1. The van der Waals surface area contributed by atoms with Gasteiger partial charge in [-0.2, -0.15) is 9.10 Å². The Hall–Kier alpha value is -5.60. The van der Waals surface area contributed by atoms with Crippen molar-refractivity contribution in [3.05, 3.63) is 138 Å². The maximum Gasteiger partial charge on any atom is 0.244 e. The molecule has 0 saturated carbocycles. The number of nitrogens with two attached hydrogens (primary N) is 2. The van der Waals surface area contributed by atoms with Gasteiger partial charge in [-0.1, -0.05) is 72.8 Å². The van der Waals surface area contributed by atoms with E-state index in [0.29, 0.717) is 42.3 Å². The molecule has 1 aromatic heterocycles. The first-order chi connectivity index (χ1) is 25.8. The zero-order valence-electron chi connectivity index (χ0n) is 29.9. The largest absolute Gasteiger partial charge is 0.497 e. The predicted molar refractivity (Wildman–Crippen MR) is 204 cm³/mol. The first-order valence-electron chi connectivity index (χ1n) is 17.1. The summed E-state index contributed by atoms with van der Waals surface area (Å²) in [5.74, 6) is 2.25. The maximum absolute atomic E-state index is 15.1. The minimum atomic E-state index is -4.22. The van der Waals surface area contributed by atoms with Crippen LogP contribution in [0.4, 0.5) is 0 Å². The van der Waals surface area contributed by atoms with Crippen LogP contribution in [0.2, 0.25) is 0 Å². The molecule has 12 nitrogen and oxygen atoms in total. The quantitative estimate of drug-likeness (QED) is 0.131. The third kappa shape index (κ3) is 8.56. The standard InChI is InChI=1S/C40H43N7O5S/c1-50-34-17-7-28(8-18-34)25-46(26-29-9-19-35(51-2)20-10-29)53(48,49)38-6-4-5-37(32-15-13-31(14-16-32)33(23-41)24-42)39(38)40-43-45-47(44-40)27-30-11-21-36(52-3)22-12-30/h4-22,33H,23-27,41-42H2,1-3H3. The minimum Gasteiger partial charge on any atom is -0.497 e. The normalized spacial score (nSPS) is 11.6. The van der Waals surface area contributed by atoms with Crippen LogP contribution >= 0.6 is 0 Å². The Labute approximate surface area is 310 Å². The molecule has 6 rings (SSSR count). The molecule has 5 aromatic carbocycles. The van der Waals surface area contributed by atoms with Gasteiger partial charge in [0.1, 0.15) is 17.2 Å². The van der Waals surface area contributed by atoms with E-state index in [-0.39, 0.29) is 29.7 Å². The average Bonchev–Trinajstić information content (AvgIpc) is 3.67. The molecule has 0 bridgehead atoms. The predicted octanol–water partition coefficient (Wildman–Crippen LogP) is 5.47. The summed E-state index contributed by atoms with van der Waals surface area (Å²) in [6.45, 7) is 1.32. The molecule has 0 atom stereocenters. The van der Waals surface area contributed by atoms with E-state index in [0.717, 1.165) is 33.6 Å². The van der Waals surface area contributed by atoms with Crippen LogP contribution in [-0.2, 0) is 29.7 Å². The number of benzene rings is 5. The third-order valence-corrected chi connectivity index (χ3v) is 10.9. The molecule has 0 aliphatic rings. The fourth-order valence-electron chi connectivity index (χ4n) is 6.06. The van der Waals surface area contributed by atoms with Crippen LogP contribution in [0.3, 0.4) is 0 Å². The zero-order valence-corrected chi connectivity index (χ0v) is 30.7. The van der Waals surface area contributed by atoms with Gasteiger partial charge in [0.05, 0.1) is 38.3 Å². The molecule has 0 unspecified atom stereocenters. The second-order valence-corrected chi connectivity index (χ2v) is 14.3. The first-order valence-corrected chi connectivity index (χ1v) is 18.5. The van der Waals surface area contributed by atoms with Gasteiger partial charge in [-0.25, -0.2) is 8.42 Å². The highest BCUT2D eigenvalue weighted by Crippen LogP contribution is 2.38. The molecular weight excluding hydrogens is 691 g/mol. The molecule has 1 heterocycles. The molecule has 0 saturated heterocycles. The number of hydrogen-bond acceptors (Lipinski definition) is 10. The van der Waals surface area contributed by atoms with Gasteiger partial charge in [0.2, 0.25) is 15.8 Å². The number of sulfonamides is 1. The van der Waals surface area contributed by atoms with Crippen LogP contribution in [0, 0.1) is 0 Å². The molecular formula is C40H43N7O5S. The molecule has 13 heteroatoms. The summed E-state index contributed by atoms with van der Waals surface area (Å²) in [6, 6.07) is 35.3. The van der Waals surface area contributed by atoms with Crippen molar-refractivity contribution in [1.82, 2.24) is 24.5 Å². The average molecular weight is 734 g/mol. The first kappa shape index (κ1) is 37.2. The fraction of sp³-hybridized carbons (Fsp3) is 0.225. The van der Waals surface area contributed by atoms with Crippen molar-refractivity contribution in [1.29, 1.82) is 0 Å². The molecule has 274 valence electrons. The Morgan fingerprint density at radius 1 is 0.679 bits per heavy atom. The topological polar surface area (TPSA) is 161 Å². The van der Waals surface area contributed by atoms with Gasteiger partial charge in [0, 0.05) is 32.1 Å². The molecule has 0 spiro atoms. The Balaban J connectivity index is 1.47. The number of tetrazole rings is 1. The van der Waals surface area contributed by atoms with E-state index < -0.39 is 10.0 Å². The van der Waals surface area contributed by atoms with E-state index in [1.165, 1.54) is 9.10 Å². The highest BCUT2D eigenvalue weighted by Gasteiger charge is 2.31. The molecule has 0 fully saturated rings. The summed E-state index contributed by atoms with van der Waals surface area (Å²) in [6.07, 6.45) is 0. The molecule has 53 heavy (non-hydrogen) atoms. The fourth-order valence-corrected chi connectivity index (χ4v) is 7.69. The number of methoxy groups -OCH3 is 3. The Kier molecular flexibility index (Phi) is 11.8. The Morgan fingerprint density at radius 2 is 1.19 bits per heavy atom. The number of nitrogens with zero attached hydrogens (tertiary/aromatic N) is 5. The van der Waals surface area contributed by atoms with Gasteiger partial charge in [-0.15, -0.1) is 10.2 Å². The van der Waals surface area contributed by atoms with Crippen LogP contribution in [0.5, 0.6) is 17.2 Å². The summed E-state index contributed by atoms with van der Waals surface area (Å²) >= 11 is 0. The zero-order chi connectivity index (χ0) is 37.4. The van der Waals surface area contributed by atoms with Crippen molar-refractivity contribution in [2.45, 2.75) is 30.4 Å². The van der Waals surface area contributed by atoms with E-state index >= 15 is 8.42 Å². The number of aromatic nitrogens is 4. The van der Waals surface area contributed by atoms with Crippen LogP contribution in [0.1, 0.15) is 28.2 Å². The summed E-state index contributed by atoms with van der Waals surface area (Å²) in [7, 11) is 0.575. The lowest BCUT2D eigenvalue weighted by molar-refractivity contribution is 0.398. The van der Waals surface area contributed by atoms with Crippen molar-refractivity contribution in [2.24, 2.45) is 11.5 Å². The second-order valence-electron chi connectivity index (χ2n) is 12.4. The summed E-state index contributed by atoms with van der Waals surface area (Å²) in [4.78, 5) is 1.50. The number of rotatable bonds is 16. The summed E-state index contributed by atoms with van der Waals surface area (Å²) < 4.78 is 47.6. The van der Waals surface area contributed by atoms with Crippen LogP contribution in [0.15, 0.2) is 120 Å². The SMILES string of the molecule is COc1ccc(CN(Cc2ccc(OC)cc2)S(=O)(=O)c2cccc(-c3ccc(C(CN)CN)cc3)c2-c2nnn(Cc3ccc(OC)cc3)n2)cc1. The van der Waals surface area contributed by atoms with E-state index in [1.807, 2.05) is 103 Å². The number of ether oxygens (including phenoxy) is 3. The van der Waals surface area contributed by atoms with Crippen molar-refractivity contribution in [3.8, 4) is 39.8 Å². The van der Waals surface area contributed by atoms with Crippen molar-refractivity contribution in [2.75, 3.05) is 34.4 Å². The van der Waals surface area contributed by atoms with Crippen LogP contribution in [-0.4, -0.2) is 67.3 Å². The highest BCUT2D eigenvalue weighted by molar-refractivity contribution is 7.89. The van der Waals surface area contributed by atoms with Crippen LogP contribution in [0.25, 0.3) is 22.5 Å². The molecule has 4 N–H and O–H groups in total. The Morgan fingerprint density at radius 3 is 1.68 bits per heavy atom. The molecule has 0 aliphatic carbocycles. The van der Waals surface area contributed by atoms with Crippen molar-refractivity contribution < 1.29 is 22.6 Å². The summed E-state index contributed by atoms with van der Waals surface area (Å²) in [5, 5.41) is 13.5. The molecule has 0 radical (unpaired) electrons. The lowest BCUT2D eigenvalue weighted by Crippen LogP contribution is -2.31. The van der Waals surface area contributed by atoms with Gasteiger partial charge in [0.25, 0.3) is 0 Å². The summed E-state index contributed by atoms with van der Waals surface area (Å²) in [5.41, 5.74) is 17.2. The molecule has 0 amide bonds. The van der Waals surface area contributed by atoms with Gasteiger partial charge in [-0.3, -0.25) is 0 Å². The van der Waals surface area contributed by atoms with Gasteiger partial charge < -0.3 is 25.7 Å². The lowest BCUT2D eigenvalue weighted by Gasteiger charge is -2.24. The van der Waals surface area contributed by atoms with E-state index in [4.69, 9.17) is 30.8 Å². The van der Waals surface area contributed by atoms with Gasteiger partial charge >= 0.3 is 0 Å². The van der Waals surface area contributed by atoms with E-state index in [2.05, 4.69) is 10.3 Å². The van der Waals surface area contributed by atoms with E-state index in [1.54, 1.807) is 33.5 Å². The van der Waals surface area contributed by atoms with Gasteiger partial charge in [-0.05, 0) is 81.1 Å². The Bertz CT molecular complexity index is 2160. The number of hydrogen-bond donors (Lipinski definition) is 2. The molecule has 0 aliphatic heterocycles. The van der Waals surface area contributed by atoms with Gasteiger partial charge in [0.15, 0.2) is 0 Å². The van der Waals surface area contributed by atoms with Crippen molar-refractivity contribution in [3.63, 3.8) is 0 Å². The monoisotopic (exact) mass is 733 g/mol.